The molecule has 17 heavy (non-hydrogen) atoms. The molecule has 1 saturated heterocycles. The number of likely N-dealkylation sites (tertiary alicyclic amines) is 1. The van der Waals surface area contributed by atoms with Gasteiger partial charge in [-0.05, 0) is 18.4 Å². The number of nitrogens with two attached hydrogens (primary N) is 1. The number of carbonyl (C=O) groups excluding carboxylic acids is 1. The molecule has 2 atom stereocenters. The fraction of sp³-hybridized carbons (Fsp3) is 0.889. The molecule has 1 amide bonds. The summed E-state index contributed by atoms with van der Waals surface area (Å²) >= 11 is 1.62. The number of sulfonamides is 1. The monoisotopic (exact) mass is 282 g/mol. The maximum atomic E-state index is 11.7. The minimum atomic E-state index is -3.68. The molecule has 0 aromatic rings. The van der Waals surface area contributed by atoms with E-state index in [9.17, 15) is 18.3 Å². The summed E-state index contributed by atoms with van der Waals surface area (Å²) in [6.45, 7) is -0.0546. The Morgan fingerprint density at radius 2 is 2.29 bits per heavy atom. The predicted octanol–water partition coefficient (Wildman–Crippen LogP) is -1.01. The van der Waals surface area contributed by atoms with Crippen molar-refractivity contribution >= 4 is 27.7 Å². The van der Waals surface area contributed by atoms with E-state index in [0.29, 0.717) is 6.42 Å². The van der Waals surface area contributed by atoms with Gasteiger partial charge in [0, 0.05) is 13.0 Å². The first-order valence-electron chi connectivity index (χ1n) is 5.31. The van der Waals surface area contributed by atoms with E-state index in [1.165, 1.54) is 4.90 Å². The lowest BCUT2D eigenvalue weighted by Crippen LogP contribution is -2.41. The van der Waals surface area contributed by atoms with Crippen molar-refractivity contribution in [2.45, 2.75) is 24.1 Å². The second kappa shape index (κ2) is 6.03. The molecule has 0 radical (unpaired) electrons. The molecule has 1 rings (SSSR count). The van der Waals surface area contributed by atoms with Crippen LogP contribution >= 0.6 is 11.8 Å². The standard InChI is InChI=1S/C9H18N2O4S2/c1-16-3-2-7(6-12)11-5-8(4-9(11)13)17(10,14)15/h7-8,12H,2-6H2,1H3,(H2,10,14,15). The van der Waals surface area contributed by atoms with E-state index in [1.807, 2.05) is 6.26 Å². The lowest BCUT2D eigenvalue weighted by Gasteiger charge is -2.26. The Labute approximate surface area is 106 Å². The Morgan fingerprint density at radius 3 is 2.71 bits per heavy atom. The highest BCUT2D eigenvalue weighted by Gasteiger charge is 2.39. The first-order chi connectivity index (χ1) is 7.90. The van der Waals surface area contributed by atoms with Crippen molar-refractivity contribution in [1.82, 2.24) is 4.90 Å². The highest BCUT2D eigenvalue weighted by Crippen LogP contribution is 2.21. The summed E-state index contributed by atoms with van der Waals surface area (Å²) in [6.07, 6.45) is 2.52. The smallest absolute Gasteiger partial charge is 0.224 e. The van der Waals surface area contributed by atoms with Gasteiger partial charge in [0.25, 0.3) is 0 Å². The SMILES string of the molecule is CSCCC(CO)N1CC(S(N)(=O)=O)CC1=O. The molecule has 0 aromatic heterocycles. The number of carbonyl (C=O) groups is 1. The molecule has 3 N–H and O–H groups in total. The van der Waals surface area contributed by atoms with E-state index in [-0.39, 0.29) is 31.5 Å². The van der Waals surface area contributed by atoms with Gasteiger partial charge < -0.3 is 10.0 Å². The third kappa shape index (κ3) is 3.84. The number of thioether (sulfide) groups is 1. The van der Waals surface area contributed by atoms with Gasteiger partial charge in [-0.3, -0.25) is 4.79 Å². The van der Waals surface area contributed by atoms with E-state index in [4.69, 9.17) is 5.14 Å². The van der Waals surface area contributed by atoms with Crippen LogP contribution in [0.5, 0.6) is 0 Å². The molecular formula is C9H18N2O4S2. The third-order valence-corrected chi connectivity index (χ3v) is 4.78. The zero-order valence-electron chi connectivity index (χ0n) is 9.70. The van der Waals surface area contributed by atoms with Crippen LogP contribution in [0.4, 0.5) is 0 Å². The average molecular weight is 282 g/mol. The molecule has 1 heterocycles. The molecule has 8 heteroatoms. The van der Waals surface area contributed by atoms with Gasteiger partial charge in [-0.1, -0.05) is 0 Å². The molecule has 1 fully saturated rings. The van der Waals surface area contributed by atoms with Gasteiger partial charge in [0.15, 0.2) is 0 Å². The molecule has 1 aliphatic rings. The van der Waals surface area contributed by atoms with Crippen LogP contribution < -0.4 is 5.14 Å². The van der Waals surface area contributed by atoms with E-state index in [0.717, 1.165) is 5.75 Å². The Morgan fingerprint density at radius 1 is 1.65 bits per heavy atom. The van der Waals surface area contributed by atoms with Crippen LogP contribution in [-0.4, -0.2) is 60.8 Å². The number of aliphatic hydroxyl groups is 1. The van der Waals surface area contributed by atoms with Crippen molar-refractivity contribution in [3.8, 4) is 0 Å². The number of amides is 1. The lowest BCUT2D eigenvalue weighted by molar-refractivity contribution is -0.130. The molecule has 0 spiro atoms. The van der Waals surface area contributed by atoms with Crippen LogP contribution in [0.2, 0.25) is 0 Å². The first-order valence-corrected chi connectivity index (χ1v) is 8.31. The number of hydrogen-bond acceptors (Lipinski definition) is 5. The van der Waals surface area contributed by atoms with E-state index in [2.05, 4.69) is 0 Å². The van der Waals surface area contributed by atoms with Crippen molar-refractivity contribution in [3.63, 3.8) is 0 Å². The lowest BCUT2D eigenvalue weighted by atomic mass is 10.2. The van der Waals surface area contributed by atoms with Gasteiger partial charge in [-0.2, -0.15) is 11.8 Å². The summed E-state index contributed by atoms with van der Waals surface area (Å²) in [6, 6.07) is -0.304. The van der Waals surface area contributed by atoms with E-state index < -0.39 is 15.3 Å². The van der Waals surface area contributed by atoms with Gasteiger partial charge >= 0.3 is 0 Å². The average Bonchev–Trinajstić information content (AvgIpc) is 2.62. The summed E-state index contributed by atoms with van der Waals surface area (Å²) in [5.41, 5.74) is 0. The Balaban J connectivity index is 2.68. The summed E-state index contributed by atoms with van der Waals surface area (Å²) in [5.74, 6) is 0.568. The zero-order chi connectivity index (χ0) is 13.1. The fourth-order valence-corrected chi connectivity index (χ4v) is 3.12. The fourth-order valence-electron chi connectivity index (χ4n) is 1.87. The van der Waals surface area contributed by atoms with Crippen LogP contribution in [-0.2, 0) is 14.8 Å². The molecule has 0 bridgehead atoms. The molecule has 100 valence electrons. The highest BCUT2D eigenvalue weighted by molar-refractivity contribution is 7.98. The maximum Gasteiger partial charge on any atom is 0.224 e. The van der Waals surface area contributed by atoms with Crippen LogP contribution in [0.3, 0.4) is 0 Å². The van der Waals surface area contributed by atoms with Crippen LogP contribution in [0, 0.1) is 0 Å². The summed E-state index contributed by atoms with van der Waals surface area (Å²) in [4.78, 5) is 13.1. The number of aliphatic hydroxyl groups excluding tert-OH is 1. The van der Waals surface area contributed by atoms with Crippen molar-refractivity contribution in [2.24, 2.45) is 5.14 Å². The van der Waals surface area contributed by atoms with Gasteiger partial charge in [0.05, 0.1) is 12.6 Å². The second-order valence-electron chi connectivity index (χ2n) is 4.08. The van der Waals surface area contributed by atoms with Crippen molar-refractivity contribution in [1.29, 1.82) is 0 Å². The Kier molecular flexibility index (Phi) is 5.23. The maximum absolute atomic E-state index is 11.7. The van der Waals surface area contributed by atoms with Crippen molar-refractivity contribution in [3.05, 3.63) is 0 Å². The minimum absolute atomic E-state index is 0.0748. The van der Waals surface area contributed by atoms with Gasteiger partial charge in [0.1, 0.15) is 5.25 Å². The third-order valence-electron chi connectivity index (χ3n) is 2.89. The van der Waals surface area contributed by atoms with E-state index >= 15 is 0 Å². The molecule has 2 unspecified atom stereocenters. The Hall–Kier alpha value is -0.310. The molecule has 6 nitrogen and oxygen atoms in total. The largest absolute Gasteiger partial charge is 0.394 e. The number of rotatable bonds is 6. The first kappa shape index (κ1) is 14.7. The number of nitrogens with zero attached hydrogens (tertiary/aromatic N) is 1. The predicted molar refractivity (Wildman–Crippen MR) is 67.1 cm³/mol. The number of primary sulfonamides is 1. The van der Waals surface area contributed by atoms with Crippen LogP contribution in [0.15, 0.2) is 0 Å². The number of hydrogen-bond donors (Lipinski definition) is 2. The minimum Gasteiger partial charge on any atom is -0.394 e. The normalized spacial score (nSPS) is 23.1. The molecule has 1 aliphatic heterocycles. The summed E-state index contributed by atoms with van der Waals surface area (Å²) < 4.78 is 22.4. The van der Waals surface area contributed by atoms with Crippen LogP contribution in [0.25, 0.3) is 0 Å². The van der Waals surface area contributed by atoms with Crippen LogP contribution in [0.1, 0.15) is 12.8 Å². The van der Waals surface area contributed by atoms with Gasteiger partial charge in [0.2, 0.25) is 15.9 Å². The van der Waals surface area contributed by atoms with Gasteiger partial charge in [-0.15, -0.1) is 0 Å². The summed E-state index contributed by atoms with van der Waals surface area (Å²) in [5, 5.41) is 13.4. The van der Waals surface area contributed by atoms with Crippen molar-refractivity contribution < 1.29 is 18.3 Å². The second-order valence-corrected chi connectivity index (χ2v) is 6.91. The molecule has 0 saturated carbocycles. The zero-order valence-corrected chi connectivity index (χ0v) is 11.3. The van der Waals surface area contributed by atoms with Crippen molar-refractivity contribution in [2.75, 3.05) is 25.2 Å². The molecular weight excluding hydrogens is 264 g/mol. The molecule has 0 aliphatic carbocycles. The quantitative estimate of drug-likeness (QED) is 0.650. The molecule has 0 aromatic carbocycles. The van der Waals surface area contributed by atoms with E-state index in [1.54, 1.807) is 11.8 Å². The highest BCUT2D eigenvalue weighted by atomic mass is 32.2. The van der Waals surface area contributed by atoms with Gasteiger partial charge in [-0.25, -0.2) is 13.6 Å². The summed E-state index contributed by atoms with van der Waals surface area (Å²) in [7, 11) is -3.68. The topological polar surface area (TPSA) is 101 Å². The Bertz CT molecular complexity index is 371.